The van der Waals surface area contributed by atoms with Crippen LogP contribution in [0.4, 0.5) is 20.3 Å². The molecular formula is C121H189F2N13. The van der Waals surface area contributed by atoms with E-state index in [-0.39, 0.29) is 55.0 Å². The van der Waals surface area contributed by atoms with Gasteiger partial charge < -0.3 is 49.0 Å². The zero-order chi connectivity index (χ0) is 100. The highest BCUT2D eigenvalue weighted by Crippen LogP contribution is 2.39. The van der Waals surface area contributed by atoms with Crippen LogP contribution in [0.1, 0.15) is 344 Å². The van der Waals surface area contributed by atoms with Crippen LogP contribution in [-0.2, 0) is 43.3 Å². The molecule has 15 heteroatoms. The third-order valence-electron chi connectivity index (χ3n) is 29.9. The fourth-order valence-electron chi connectivity index (χ4n) is 19.4. The van der Waals surface area contributed by atoms with Gasteiger partial charge in [-0.2, -0.15) is 0 Å². The molecule has 0 spiro atoms. The van der Waals surface area contributed by atoms with Gasteiger partial charge in [0, 0.05) is 113 Å². The first-order valence-electron chi connectivity index (χ1n) is 52.3. The molecule has 8 aliphatic heterocycles. The second-order valence-electron chi connectivity index (χ2n) is 50.0. The first kappa shape index (κ1) is 112. The highest BCUT2D eigenvalue weighted by molar-refractivity contribution is 5.49. The molecule has 8 aliphatic rings. The monoisotopic (exact) mass is 1860 g/mol. The summed E-state index contributed by atoms with van der Waals surface area (Å²) in [5, 5.41) is 0. The van der Waals surface area contributed by atoms with Crippen molar-refractivity contribution < 1.29 is 8.78 Å². The Morgan fingerprint density at radius 1 is 0.228 bits per heavy atom. The number of hydrogen-bond acceptors (Lipinski definition) is 13. The van der Waals surface area contributed by atoms with Gasteiger partial charge in [0.25, 0.3) is 0 Å². The fourth-order valence-corrected chi connectivity index (χ4v) is 19.4. The quantitative estimate of drug-likeness (QED) is 0.145. The number of anilines is 2. The Morgan fingerprint density at radius 3 is 0.860 bits per heavy atom. The number of benzene rings is 5. The number of piperazine rings is 2. The van der Waals surface area contributed by atoms with Gasteiger partial charge >= 0.3 is 0 Å². The van der Waals surface area contributed by atoms with Gasteiger partial charge in [0.15, 0.2) is 0 Å². The average molecular weight is 1860 g/mol. The maximum absolute atomic E-state index is 14.2. The molecule has 3 aromatic heterocycles. The molecule has 8 fully saturated rings. The van der Waals surface area contributed by atoms with Gasteiger partial charge in [-0.15, -0.1) is 0 Å². The van der Waals surface area contributed by atoms with Crippen molar-refractivity contribution >= 4 is 11.5 Å². The number of rotatable bonds is 8. The van der Waals surface area contributed by atoms with Crippen molar-refractivity contribution in [2.45, 2.75) is 309 Å². The molecule has 13 nitrogen and oxygen atoms in total. The standard InChI is InChI=1S/2C16H24FN.C16H25N.2C15H24N2.C15H23N.C14H23N3.C14H22N2/c1-16(2,3)13-5-6-14(15(17)11-13)12-7-9-18(4)10-8-12;1-16(2,3)14-6-5-13(11-15(14)17)12-7-9-18(4)10-8-12;1-16(2,3)15-7-5-13(6-8-15)14-9-11-17(4)12-10-14;1-15(2,3)13-5-7-14(8-6-13)17-11-9-16(4)10-12-17;1-15(2,3)13-5-6-14(16-11-13)12-7-9-17(4)10-8-12;1-15(2,3)14-7-5-12(6-8-14)13-9-10-16(4)11-13;1-14(2,3)12-5-6-13(15-11-12)17-9-7-16(4)8-10-17;1-14(2,3)12-5-6-13(15-9-12)11-7-8-16(4)10-11/h2*5-6,11-12H,7-10H2,1-4H3;5-8,14H,9-12H2,1-4H3;5-8H,9-12H2,1-4H3;5-6,11-12H,7-10H2,1-4H3;5-8,13H,9-11H2,1-4H3;5-6,11H,7-10H2,1-4H3;5-6,9,11H,7-8,10H2,1-4H3. The predicted molar refractivity (Wildman–Crippen MR) is 581 cm³/mol. The minimum absolute atomic E-state index is 0.0167. The number of aromatic nitrogens is 3. The highest BCUT2D eigenvalue weighted by Gasteiger charge is 2.31. The minimum atomic E-state index is -0.116. The lowest BCUT2D eigenvalue weighted by atomic mass is 9.83. The molecule has 752 valence electrons. The molecule has 11 heterocycles. The molecule has 0 bridgehead atoms. The van der Waals surface area contributed by atoms with E-state index in [2.05, 4.69) is 414 Å². The van der Waals surface area contributed by atoms with Gasteiger partial charge in [0.05, 0.1) is 0 Å². The van der Waals surface area contributed by atoms with E-state index in [9.17, 15) is 8.78 Å². The molecule has 8 aromatic rings. The Labute approximate surface area is 829 Å². The average Bonchev–Trinajstić information content (AvgIpc) is 1.70. The van der Waals surface area contributed by atoms with E-state index in [1.165, 1.54) is 165 Å². The lowest BCUT2D eigenvalue weighted by Crippen LogP contribution is -2.44. The SMILES string of the molecule is CN1CCC(c2ccc(C(C)(C)C)c(F)c2)CC1.CN1CCC(c2ccc(C(C)(C)C)cc2)C1.CN1CCC(c2ccc(C(C)(C)C)cc2)CC1.CN1CCC(c2ccc(C(C)(C)C)cc2F)CC1.CN1CCC(c2ccc(C(C)(C)C)cn2)C1.CN1CCC(c2ccc(C(C)(C)C)cn2)CC1.CN1CCN(c2ccc(C(C)(C)C)cc2)CC1.CN1CCN(c2ccc(C(C)(C)C)cn2)CC1. The Balaban J connectivity index is 0.000000174. The zero-order valence-electron chi connectivity index (χ0n) is 91.8. The van der Waals surface area contributed by atoms with E-state index >= 15 is 0 Å². The summed E-state index contributed by atoms with van der Waals surface area (Å²) in [4.78, 5) is 37.8. The van der Waals surface area contributed by atoms with Crippen LogP contribution in [0.15, 0.2) is 164 Å². The molecule has 136 heavy (non-hydrogen) atoms. The number of piperidine rings is 4. The molecule has 5 aromatic carbocycles. The van der Waals surface area contributed by atoms with Crippen LogP contribution in [0, 0.1) is 11.6 Å². The largest absolute Gasteiger partial charge is 0.369 e. The third kappa shape index (κ3) is 35.7. The van der Waals surface area contributed by atoms with Crippen LogP contribution in [0.5, 0.6) is 0 Å². The number of halogens is 2. The van der Waals surface area contributed by atoms with Crippen molar-refractivity contribution in [2.75, 3.05) is 197 Å². The molecule has 2 unspecified atom stereocenters. The molecule has 0 saturated carbocycles. The topological polar surface area (TPSA) is 71.1 Å². The summed E-state index contributed by atoms with van der Waals surface area (Å²) in [6.07, 6.45) is 18.2. The summed E-state index contributed by atoms with van der Waals surface area (Å²) in [6.45, 7) is 76.1. The van der Waals surface area contributed by atoms with Gasteiger partial charge in [-0.25, -0.2) is 13.8 Å². The van der Waals surface area contributed by atoms with Gasteiger partial charge in [0.1, 0.15) is 17.5 Å². The van der Waals surface area contributed by atoms with E-state index in [0.29, 0.717) is 23.7 Å². The van der Waals surface area contributed by atoms with Gasteiger partial charge in [0.2, 0.25) is 0 Å². The van der Waals surface area contributed by atoms with Crippen LogP contribution < -0.4 is 9.80 Å². The number of likely N-dealkylation sites (tertiary alicyclic amines) is 6. The molecule has 0 amide bonds. The highest BCUT2D eigenvalue weighted by atomic mass is 19.1. The van der Waals surface area contributed by atoms with Crippen molar-refractivity contribution in [1.29, 1.82) is 0 Å². The van der Waals surface area contributed by atoms with Crippen molar-refractivity contribution in [1.82, 2.24) is 54.2 Å². The van der Waals surface area contributed by atoms with Crippen LogP contribution in [0.3, 0.4) is 0 Å². The maximum atomic E-state index is 14.2. The summed E-state index contributed by atoms with van der Waals surface area (Å²) in [6, 6.07) is 52.6. The summed E-state index contributed by atoms with van der Waals surface area (Å²) >= 11 is 0. The number of likely N-dealkylation sites (N-methyl/N-ethyl adjacent to an activating group) is 4. The summed E-state index contributed by atoms with van der Waals surface area (Å²) in [5.74, 6) is 4.82. The fraction of sp³-hybridized carbons (Fsp3) is 0.628. The summed E-state index contributed by atoms with van der Waals surface area (Å²) in [7, 11) is 17.5. The summed E-state index contributed by atoms with van der Waals surface area (Å²) < 4.78 is 28.4. The lowest BCUT2D eigenvalue weighted by Gasteiger charge is -2.34. The van der Waals surface area contributed by atoms with Crippen molar-refractivity contribution in [2.24, 2.45) is 0 Å². The third-order valence-corrected chi connectivity index (χ3v) is 29.9. The first-order valence-corrected chi connectivity index (χ1v) is 52.3. The molecule has 0 N–H and O–H groups in total. The van der Waals surface area contributed by atoms with Crippen LogP contribution in [0.25, 0.3) is 0 Å². The van der Waals surface area contributed by atoms with Gasteiger partial charge in [-0.3, -0.25) is 9.97 Å². The Kier molecular flexibility index (Phi) is 41.2. The smallest absolute Gasteiger partial charge is 0.128 e. The number of nitrogens with zero attached hydrogens (tertiary/aromatic N) is 13. The van der Waals surface area contributed by atoms with E-state index in [4.69, 9.17) is 0 Å². The molecule has 8 saturated heterocycles. The Bertz CT molecular complexity index is 4390. The van der Waals surface area contributed by atoms with Crippen LogP contribution in [-0.4, -0.2) is 241 Å². The van der Waals surface area contributed by atoms with E-state index in [1.54, 1.807) is 12.1 Å². The Morgan fingerprint density at radius 2 is 0.522 bits per heavy atom. The second-order valence-corrected chi connectivity index (χ2v) is 50.0. The lowest BCUT2D eigenvalue weighted by molar-refractivity contribution is 0.253. The second kappa shape index (κ2) is 49.9. The van der Waals surface area contributed by atoms with E-state index in [1.807, 2.05) is 24.5 Å². The predicted octanol–water partition coefficient (Wildman–Crippen LogP) is 25.9. The summed E-state index contributed by atoms with van der Waals surface area (Å²) in [5.41, 5.74) is 20.5. The zero-order valence-corrected chi connectivity index (χ0v) is 91.8. The van der Waals surface area contributed by atoms with Crippen molar-refractivity contribution in [3.63, 3.8) is 0 Å². The Hall–Kier alpha value is -7.31. The van der Waals surface area contributed by atoms with Crippen molar-refractivity contribution in [3.8, 4) is 0 Å². The molecular weight excluding hydrogens is 1670 g/mol. The molecule has 0 aliphatic carbocycles. The molecule has 16 rings (SSSR count). The normalized spacial score (nSPS) is 19.9. The van der Waals surface area contributed by atoms with E-state index < -0.39 is 0 Å². The first-order chi connectivity index (χ1) is 63.5. The maximum Gasteiger partial charge on any atom is 0.128 e. The minimum Gasteiger partial charge on any atom is -0.369 e. The van der Waals surface area contributed by atoms with Gasteiger partial charge in [-0.05, 0) is 362 Å². The van der Waals surface area contributed by atoms with Crippen molar-refractivity contribution in [3.05, 3.63) is 254 Å². The van der Waals surface area contributed by atoms with Crippen LogP contribution >= 0.6 is 0 Å². The molecule has 0 radical (unpaired) electrons. The number of pyridine rings is 3. The molecule has 2 atom stereocenters. The number of hydrogen-bond donors (Lipinski definition) is 0. The van der Waals surface area contributed by atoms with Crippen LogP contribution in [0.2, 0.25) is 0 Å². The van der Waals surface area contributed by atoms with E-state index in [0.717, 1.165) is 132 Å². The van der Waals surface area contributed by atoms with Gasteiger partial charge in [-0.1, -0.05) is 269 Å².